The van der Waals surface area contributed by atoms with E-state index in [2.05, 4.69) is 9.82 Å². The van der Waals surface area contributed by atoms with E-state index in [1.165, 1.54) is 49.4 Å². The number of hydrogen-bond acceptors (Lipinski definition) is 5. The third-order valence-corrected chi connectivity index (χ3v) is 8.59. The van der Waals surface area contributed by atoms with Crippen molar-refractivity contribution in [2.75, 3.05) is 10.5 Å². The minimum absolute atomic E-state index is 0.00706. The Balaban J connectivity index is 1.72. The molecule has 0 radical (unpaired) electrons. The molecular formula is C23H21ClFN3O4S2. The van der Waals surface area contributed by atoms with E-state index in [1.54, 1.807) is 30.3 Å². The fraction of sp³-hybridized carbons (Fsp3) is 0.174. The fourth-order valence-electron chi connectivity index (χ4n) is 3.54. The second-order valence-electron chi connectivity index (χ2n) is 7.64. The Kier molecular flexibility index (Phi) is 6.66. The molecule has 0 amide bonds. The maximum atomic E-state index is 14.0. The summed E-state index contributed by atoms with van der Waals surface area (Å²) in [6, 6.07) is 17.2. The van der Waals surface area contributed by atoms with Crippen molar-refractivity contribution in [2.45, 2.75) is 24.3 Å². The Bertz CT molecular complexity index is 1440. The summed E-state index contributed by atoms with van der Waals surface area (Å²) in [5.74, 6) is -0.545. The van der Waals surface area contributed by atoms with Gasteiger partial charge in [0.1, 0.15) is 5.82 Å². The molecule has 0 unspecified atom stereocenters. The lowest BCUT2D eigenvalue weighted by molar-refractivity contribution is 0.370. The van der Waals surface area contributed by atoms with Gasteiger partial charge in [-0.05, 0) is 66.6 Å². The van der Waals surface area contributed by atoms with E-state index in [0.29, 0.717) is 27.5 Å². The summed E-state index contributed by atoms with van der Waals surface area (Å²) in [5, 5.41) is 4.80. The van der Waals surface area contributed by atoms with Gasteiger partial charge in [0.25, 0.3) is 10.0 Å². The fourth-order valence-corrected chi connectivity index (χ4v) is 5.74. The monoisotopic (exact) mass is 521 g/mol. The van der Waals surface area contributed by atoms with Crippen molar-refractivity contribution in [3.8, 4) is 0 Å². The Morgan fingerprint density at radius 1 is 1.03 bits per heavy atom. The summed E-state index contributed by atoms with van der Waals surface area (Å²) in [6.07, 6.45) is 0.205. The molecule has 4 rings (SSSR count). The Morgan fingerprint density at radius 2 is 1.71 bits per heavy atom. The van der Waals surface area contributed by atoms with Crippen molar-refractivity contribution in [1.29, 1.82) is 0 Å². The lowest BCUT2D eigenvalue weighted by Crippen LogP contribution is -2.27. The number of anilines is 1. The van der Waals surface area contributed by atoms with Gasteiger partial charge >= 0.3 is 0 Å². The molecule has 1 atom stereocenters. The van der Waals surface area contributed by atoms with Crippen molar-refractivity contribution >= 4 is 43.0 Å². The van der Waals surface area contributed by atoms with Gasteiger partial charge in [-0.15, -0.1) is 0 Å². The SMILES string of the molecule is CCS(=O)(=O)Nc1ccc(C2=NN(S(=O)(=O)c3ccc(Cl)cc3)[C@@H](c3cccc(F)c3)C2)cc1. The van der Waals surface area contributed by atoms with Gasteiger partial charge in [-0.1, -0.05) is 35.9 Å². The molecule has 178 valence electrons. The van der Waals surface area contributed by atoms with Crippen LogP contribution in [0, 0.1) is 5.82 Å². The van der Waals surface area contributed by atoms with E-state index < -0.39 is 31.9 Å². The Labute approximate surface area is 203 Å². The second-order valence-corrected chi connectivity index (χ2v) is 11.9. The van der Waals surface area contributed by atoms with Crippen LogP contribution in [0.2, 0.25) is 5.02 Å². The van der Waals surface area contributed by atoms with Gasteiger partial charge < -0.3 is 0 Å². The number of rotatable bonds is 7. The van der Waals surface area contributed by atoms with Crippen LogP contribution in [0.4, 0.5) is 10.1 Å². The van der Waals surface area contributed by atoms with Crippen LogP contribution in [0.15, 0.2) is 82.8 Å². The molecule has 0 aliphatic carbocycles. The molecule has 1 heterocycles. The zero-order valence-corrected chi connectivity index (χ0v) is 20.4. The molecule has 1 aliphatic heterocycles. The second kappa shape index (κ2) is 9.36. The minimum atomic E-state index is -4.07. The van der Waals surface area contributed by atoms with Crippen molar-refractivity contribution in [1.82, 2.24) is 4.41 Å². The number of halogens is 2. The molecule has 7 nitrogen and oxygen atoms in total. The number of hydrazone groups is 1. The summed E-state index contributed by atoms with van der Waals surface area (Å²) in [4.78, 5) is 0.00706. The van der Waals surface area contributed by atoms with Gasteiger partial charge in [0.2, 0.25) is 10.0 Å². The maximum absolute atomic E-state index is 14.0. The van der Waals surface area contributed by atoms with E-state index in [-0.39, 0.29) is 17.1 Å². The van der Waals surface area contributed by atoms with Crippen LogP contribution >= 0.6 is 11.6 Å². The summed E-state index contributed by atoms with van der Waals surface area (Å²) in [5.41, 5.74) is 1.94. The number of hydrogen-bond donors (Lipinski definition) is 1. The van der Waals surface area contributed by atoms with Crippen LogP contribution < -0.4 is 4.72 Å². The molecule has 11 heteroatoms. The lowest BCUT2D eigenvalue weighted by Gasteiger charge is -2.23. The average Bonchev–Trinajstić information content (AvgIpc) is 3.26. The highest BCUT2D eigenvalue weighted by Crippen LogP contribution is 2.37. The topological polar surface area (TPSA) is 95.9 Å². The zero-order chi connectivity index (χ0) is 24.5. The van der Waals surface area contributed by atoms with Gasteiger partial charge in [-0.3, -0.25) is 4.72 Å². The van der Waals surface area contributed by atoms with E-state index in [1.807, 2.05) is 0 Å². The Morgan fingerprint density at radius 3 is 2.32 bits per heavy atom. The van der Waals surface area contributed by atoms with Gasteiger partial charge in [-0.25, -0.2) is 12.8 Å². The summed E-state index contributed by atoms with van der Waals surface area (Å²) in [7, 11) is -7.50. The predicted molar refractivity (Wildman–Crippen MR) is 130 cm³/mol. The normalized spacial score (nSPS) is 16.4. The van der Waals surface area contributed by atoms with Crippen molar-refractivity contribution in [3.05, 3.63) is 94.8 Å². The van der Waals surface area contributed by atoms with Gasteiger partial charge in [0, 0.05) is 17.1 Å². The molecule has 0 bridgehead atoms. The minimum Gasteiger partial charge on any atom is -0.284 e. The van der Waals surface area contributed by atoms with E-state index in [9.17, 15) is 21.2 Å². The largest absolute Gasteiger partial charge is 0.284 e. The molecule has 3 aromatic rings. The first kappa shape index (κ1) is 24.2. The molecule has 1 aliphatic rings. The first-order valence-electron chi connectivity index (χ1n) is 10.3. The number of nitrogens with one attached hydrogen (secondary N) is 1. The molecule has 0 saturated heterocycles. The number of nitrogens with zero attached hydrogens (tertiary/aromatic N) is 2. The number of sulfonamides is 2. The highest BCUT2D eigenvalue weighted by Gasteiger charge is 2.37. The third-order valence-electron chi connectivity index (χ3n) is 5.34. The van der Waals surface area contributed by atoms with Crippen LogP contribution in [0.3, 0.4) is 0 Å². The first-order valence-corrected chi connectivity index (χ1v) is 13.8. The van der Waals surface area contributed by atoms with Crippen molar-refractivity contribution in [2.24, 2.45) is 5.10 Å². The lowest BCUT2D eigenvalue weighted by atomic mass is 9.99. The smallest absolute Gasteiger partial charge is 0.279 e. The van der Waals surface area contributed by atoms with Crippen LogP contribution in [0.1, 0.15) is 30.5 Å². The molecule has 34 heavy (non-hydrogen) atoms. The quantitative estimate of drug-likeness (QED) is 0.484. The van der Waals surface area contributed by atoms with Gasteiger partial charge in [0.05, 0.1) is 22.4 Å². The molecule has 0 spiro atoms. The van der Waals surface area contributed by atoms with E-state index in [4.69, 9.17) is 11.6 Å². The summed E-state index contributed by atoms with van der Waals surface area (Å²) in [6.45, 7) is 1.53. The summed E-state index contributed by atoms with van der Waals surface area (Å²) >= 11 is 5.91. The standard InChI is InChI=1S/C23H21ClFN3O4S2/c1-2-33(29,30)27-20-10-6-16(7-11-20)22-15-23(17-4-3-5-19(25)14-17)28(26-22)34(31,32)21-12-8-18(24)9-13-21/h3-14,23,27H,2,15H2,1H3/t23-/m1/s1. The highest BCUT2D eigenvalue weighted by atomic mass is 35.5. The zero-order valence-electron chi connectivity index (χ0n) is 18.0. The molecule has 0 aromatic heterocycles. The van der Waals surface area contributed by atoms with Gasteiger partial charge in [0.15, 0.2) is 0 Å². The van der Waals surface area contributed by atoms with E-state index >= 15 is 0 Å². The molecule has 1 N–H and O–H groups in total. The van der Waals surface area contributed by atoms with Crippen LogP contribution in [0.25, 0.3) is 0 Å². The van der Waals surface area contributed by atoms with Crippen molar-refractivity contribution in [3.63, 3.8) is 0 Å². The number of benzene rings is 3. The molecule has 3 aromatic carbocycles. The summed E-state index contributed by atoms with van der Waals surface area (Å²) < 4.78 is 67.9. The average molecular weight is 522 g/mol. The van der Waals surface area contributed by atoms with Crippen LogP contribution in [-0.4, -0.2) is 32.7 Å². The Hall–Kier alpha value is -2.95. The first-order chi connectivity index (χ1) is 16.1. The van der Waals surface area contributed by atoms with Crippen LogP contribution in [-0.2, 0) is 20.0 Å². The van der Waals surface area contributed by atoms with Crippen LogP contribution in [0.5, 0.6) is 0 Å². The molecular weight excluding hydrogens is 501 g/mol. The maximum Gasteiger partial charge on any atom is 0.279 e. The highest BCUT2D eigenvalue weighted by molar-refractivity contribution is 7.92. The van der Waals surface area contributed by atoms with Crippen molar-refractivity contribution < 1.29 is 21.2 Å². The third kappa shape index (κ3) is 5.08. The van der Waals surface area contributed by atoms with E-state index in [0.717, 1.165) is 4.41 Å². The van der Waals surface area contributed by atoms with Gasteiger partial charge in [-0.2, -0.15) is 17.9 Å². The molecule has 0 fully saturated rings. The predicted octanol–water partition coefficient (Wildman–Crippen LogP) is 4.78. The molecule has 0 saturated carbocycles.